The molecule has 1 aromatic carbocycles. The summed E-state index contributed by atoms with van der Waals surface area (Å²) in [7, 11) is 1.58. The second-order valence-electron chi connectivity index (χ2n) is 5.74. The van der Waals surface area contributed by atoms with Crippen molar-refractivity contribution in [1.82, 2.24) is 19.9 Å². The molecule has 0 saturated carbocycles. The zero-order valence-electron chi connectivity index (χ0n) is 13.6. The molecule has 4 rings (SSSR count). The summed E-state index contributed by atoms with van der Waals surface area (Å²) in [6.07, 6.45) is 5.83. The number of methoxy groups -OCH3 is 1. The normalized spacial score (nSPS) is 17.0. The van der Waals surface area contributed by atoms with Gasteiger partial charge in [-0.15, -0.1) is 0 Å². The Morgan fingerprint density at radius 2 is 1.96 bits per heavy atom. The van der Waals surface area contributed by atoms with Gasteiger partial charge in [0.05, 0.1) is 43.3 Å². The number of anilines is 1. The molecule has 3 aromatic rings. The summed E-state index contributed by atoms with van der Waals surface area (Å²) in [5, 5.41) is 0.656. The van der Waals surface area contributed by atoms with Crippen molar-refractivity contribution >= 4 is 28.5 Å². The molecule has 0 N–H and O–H groups in total. The minimum Gasteiger partial charge on any atom is -0.494 e. The Hall–Kier alpha value is -2.67. The molecule has 0 amide bonds. The number of hydrogen-bond acceptors (Lipinski definition) is 7. The van der Waals surface area contributed by atoms with Crippen LogP contribution in [0.2, 0.25) is 5.02 Å². The van der Waals surface area contributed by atoms with E-state index in [1.807, 2.05) is 18.2 Å². The molecular formula is C17H16ClN5O2. The lowest BCUT2D eigenvalue weighted by Gasteiger charge is -2.17. The molecule has 128 valence electrons. The number of halogens is 1. The maximum Gasteiger partial charge on any atom is 0.316 e. The molecule has 1 fully saturated rings. The van der Waals surface area contributed by atoms with Crippen molar-refractivity contribution in [1.29, 1.82) is 0 Å². The molecule has 1 unspecified atom stereocenters. The Bertz CT molecular complexity index is 890. The smallest absolute Gasteiger partial charge is 0.316 e. The minimum atomic E-state index is 0.0103. The number of hydrogen-bond donors (Lipinski definition) is 0. The molecule has 1 aliphatic rings. The van der Waals surface area contributed by atoms with Crippen LogP contribution in [0.4, 0.5) is 5.82 Å². The number of benzene rings is 1. The zero-order chi connectivity index (χ0) is 17.2. The standard InChI is InChI=1S/C17H16ClN5O2/c1-24-13-7-20-17(21-8-13)25-12-4-5-23(10-12)16-9-19-15-6-11(18)2-3-14(15)22-16/h2-3,6-9,12H,4-5,10H2,1H3. The molecule has 0 spiro atoms. The van der Waals surface area contributed by atoms with Crippen LogP contribution in [0.1, 0.15) is 6.42 Å². The van der Waals surface area contributed by atoms with E-state index in [9.17, 15) is 0 Å². The zero-order valence-corrected chi connectivity index (χ0v) is 14.3. The lowest BCUT2D eigenvalue weighted by molar-refractivity contribution is 0.205. The van der Waals surface area contributed by atoms with Gasteiger partial charge in [0.2, 0.25) is 0 Å². The van der Waals surface area contributed by atoms with E-state index in [0.717, 1.165) is 29.8 Å². The average Bonchev–Trinajstić information content (AvgIpc) is 3.10. The van der Waals surface area contributed by atoms with Gasteiger partial charge < -0.3 is 14.4 Å². The maximum atomic E-state index is 5.99. The van der Waals surface area contributed by atoms with E-state index in [1.165, 1.54) is 0 Å². The Labute approximate surface area is 149 Å². The molecular weight excluding hydrogens is 342 g/mol. The van der Waals surface area contributed by atoms with Crippen LogP contribution in [0.3, 0.4) is 0 Å². The van der Waals surface area contributed by atoms with Crippen LogP contribution < -0.4 is 14.4 Å². The van der Waals surface area contributed by atoms with Crippen LogP contribution in [0.5, 0.6) is 11.8 Å². The highest BCUT2D eigenvalue weighted by atomic mass is 35.5. The van der Waals surface area contributed by atoms with Crippen LogP contribution in [0, 0.1) is 0 Å². The van der Waals surface area contributed by atoms with Crippen LogP contribution >= 0.6 is 11.6 Å². The van der Waals surface area contributed by atoms with Gasteiger partial charge in [0.1, 0.15) is 11.9 Å². The van der Waals surface area contributed by atoms with Crippen molar-refractivity contribution in [2.75, 3.05) is 25.1 Å². The topological polar surface area (TPSA) is 73.3 Å². The number of ether oxygens (including phenoxy) is 2. The molecule has 1 aliphatic heterocycles. The lowest BCUT2D eigenvalue weighted by atomic mass is 10.3. The van der Waals surface area contributed by atoms with Crippen LogP contribution in [-0.2, 0) is 0 Å². The van der Waals surface area contributed by atoms with Crippen molar-refractivity contribution in [2.24, 2.45) is 0 Å². The molecule has 0 bridgehead atoms. The van der Waals surface area contributed by atoms with E-state index in [2.05, 4.69) is 24.8 Å². The van der Waals surface area contributed by atoms with Crippen molar-refractivity contribution in [3.63, 3.8) is 0 Å². The van der Waals surface area contributed by atoms with E-state index >= 15 is 0 Å². The summed E-state index contributed by atoms with van der Waals surface area (Å²) in [6, 6.07) is 5.86. The molecule has 1 saturated heterocycles. The Kier molecular flexibility index (Phi) is 4.23. The van der Waals surface area contributed by atoms with Gasteiger partial charge >= 0.3 is 6.01 Å². The Balaban J connectivity index is 1.45. The molecule has 7 nitrogen and oxygen atoms in total. The SMILES string of the molecule is COc1cnc(OC2CCN(c3cnc4cc(Cl)ccc4n3)C2)nc1. The highest BCUT2D eigenvalue weighted by Gasteiger charge is 2.26. The van der Waals surface area contributed by atoms with Crippen molar-refractivity contribution < 1.29 is 9.47 Å². The van der Waals surface area contributed by atoms with E-state index in [0.29, 0.717) is 23.3 Å². The van der Waals surface area contributed by atoms with Crippen molar-refractivity contribution in [3.8, 4) is 11.8 Å². The summed E-state index contributed by atoms with van der Waals surface area (Å²) in [6.45, 7) is 1.55. The second-order valence-corrected chi connectivity index (χ2v) is 6.18. The Morgan fingerprint density at radius 3 is 2.76 bits per heavy atom. The first-order chi connectivity index (χ1) is 12.2. The number of rotatable bonds is 4. The van der Waals surface area contributed by atoms with Gasteiger partial charge in [-0.1, -0.05) is 11.6 Å². The quantitative estimate of drug-likeness (QED) is 0.710. The fraction of sp³-hybridized carbons (Fsp3) is 0.294. The fourth-order valence-corrected chi connectivity index (χ4v) is 2.94. The molecule has 1 atom stereocenters. The molecule has 25 heavy (non-hydrogen) atoms. The van der Waals surface area contributed by atoms with Gasteiger partial charge in [0.15, 0.2) is 5.75 Å². The third-order valence-electron chi connectivity index (χ3n) is 4.07. The predicted molar refractivity (Wildman–Crippen MR) is 94.4 cm³/mol. The summed E-state index contributed by atoms with van der Waals surface area (Å²) >= 11 is 5.99. The molecule has 0 aliphatic carbocycles. The third kappa shape index (κ3) is 3.41. The third-order valence-corrected chi connectivity index (χ3v) is 4.31. The van der Waals surface area contributed by atoms with E-state index in [1.54, 1.807) is 25.7 Å². The van der Waals surface area contributed by atoms with Crippen LogP contribution in [-0.4, -0.2) is 46.2 Å². The predicted octanol–water partition coefficient (Wildman–Crippen LogP) is 2.74. The van der Waals surface area contributed by atoms with E-state index < -0.39 is 0 Å². The molecule has 3 heterocycles. The van der Waals surface area contributed by atoms with Gasteiger partial charge in [-0.3, -0.25) is 4.98 Å². The molecule has 2 aromatic heterocycles. The van der Waals surface area contributed by atoms with E-state index in [-0.39, 0.29) is 6.10 Å². The first-order valence-electron chi connectivity index (χ1n) is 7.91. The lowest BCUT2D eigenvalue weighted by Crippen LogP contribution is -2.25. The summed E-state index contributed by atoms with van der Waals surface area (Å²) in [5.74, 6) is 1.43. The number of nitrogens with zero attached hydrogens (tertiary/aromatic N) is 5. The molecule has 0 radical (unpaired) electrons. The van der Waals surface area contributed by atoms with Gasteiger partial charge in [0.25, 0.3) is 0 Å². The van der Waals surface area contributed by atoms with Crippen LogP contribution in [0.25, 0.3) is 11.0 Å². The highest BCUT2D eigenvalue weighted by Crippen LogP contribution is 2.23. The summed E-state index contributed by atoms with van der Waals surface area (Å²) in [5.41, 5.74) is 1.61. The van der Waals surface area contributed by atoms with Gasteiger partial charge in [-0.25, -0.2) is 4.98 Å². The number of fused-ring (bicyclic) bond motifs is 1. The first kappa shape index (κ1) is 15.8. The highest BCUT2D eigenvalue weighted by molar-refractivity contribution is 6.31. The Morgan fingerprint density at radius 1 is 1.12 bits per heavy atom. The summed E-state index contributed by atoms with van der Waals surface area (Å²) in [4.78, 5) is 19.5. The van der Waals surface area contributed by atoms with Crippen molar-refractivity contribution in [2.45, 2.75) is 12.5 Å². The first-order valence-corrected chi connectivity index (χ1v) is 8.29. The van der Waals surface area contributed by atoms with Gasteiger partial charge in [0, 0.05) is 18.0 Å². The van der Waals surface area contributed by atoms with Crippen molar-refractivity contribution in [3.05, 3.63) is 41.8 Å². The summed E-state index contributed by atoms with van der Waals surface area (Å²) < 4.78 is 10.9. The second kappa shape index (κ2) is 6.68. The van der Waals surface area contributed by atoms with Gasteiger partial charge in [-0.05, 0) is 18.2 Å². The fourth-order valence-electron chi connectivity index (χ4n) is 2.78. The van der Waals surface area contributed by atoms with Gasteiger partial charge in [-0.2, -0.15) is 9.97 Å². The maximum absolute atomic E-state index is 5.99. The average molecular weight is 358 g/mol. The van der Waals surface area contributed by atoms with E-state index in [4.69, 9.17) is 21.1 Å². The van der Waals surface area contributed by atoms with Crippen LogP contribution in [0.15, 0.2) is 36.8 Å². The monoisotopic (exact) mass is 357 g/mol. The minimum absolute atomic E-state index is 0.0103. The molecule has 8 heteroatoms. The number of aromatic nitrogens is 4. The largest absolute Gasteiger partial charge is 0.494 e.